The van der Waals surface area contributed by atoms with Crippen molar-refractivity contribution in [3.05, 3.63) is 36.5 Å². The molecule has 0 saturated heterocycles. The number of hydrogen-bond donors (Lipinski definition) is 3. The zero-order valence-electron chi connectivity index (χ0n) is 15.4. The van der Waals surface area contributed by atoms with Gasteiger partial charge in [0.05, 0.1) is 0 Å². The minimum atomic E-state index is -0.0744. The van der Waals surface area contributed by atoms with E-state index in [9.17, 15) is 4.79 Å². The number of hydrogen-bond acceptors (Lipinski definition) is 3. The quantitative estimate of drug-likeness (QED) is 0.140. The summed E-state index contributed by atoms with van der Waals surface area (Å²) >= 11 is 0. The molecule has 4 N–H and O–H groups in total. The average molecular weight is 348 g/mol. The maximum absolute atomic E-state index is 12.4. The van der Waals surface area contributed by atoms with Crippen molar-refractivity contribution in [1.82, 2.24) is 5.32 Å². The van der Waals surface area contributed by atoms with Gasteiger partial charge in [-0.3, -0.25) is 4.79 Å². The molecule has 2 atom stereocenters. The van der Waals surface area contributed by atoms with Gasteiger partial charge in [0, 0.05) is 18.4 Å². The summed E-state index contributed by atoms with van der Waals surface area (Å²) in [7, 11) is 0. The van der Waals surface area contributed by atoms with Crippen LogP contribution in [-0.4, -0.2) is 23.5 Å². The number of allylic oxidation sites excluding steroid dienone is 3. The number of nitrogens with zero attached hydrogens (tertiary/aromatic N) is 1. The largest absolute Gasteiger partial charge is 0.409 e. The van der Waals surface area contributed by atoms with E-state index in [0.717, 1.165) is 31.3 Å². The summed E-state index contributed by atoms with van der Waals surface area (Å²) in [6, 6.07) is 0. The lowest BCUT2D eigenvalue weighted by Crippen LogP contribution is -2.37. The van der Waals surface area contributed by atoms with Crippen LogP contribution in [-0.2, 0) is 4.79 Å². The van der Waals surface area contributed by atoms with Gasteiger partial charge in [0.15, 0.2) is 0 Å². The van der Waals surface area contributed by atoms with E-state index >= 15 is 0 Å². The van der Waals surface area contributed by atoms with Crippen LogP contribution in [0.3, 0.4) is 0 Å². The second-order valence-corrected chi connectivity index (χ2v) is 6.67. The zero-order valence-corrected chi connectivity index (χ0v) is 15.4. The van der Waals surface area contributed by atoms with E-state index in [2.05, 4.69) is 30.1 Å². The van der Waals surface area contributed by atoms with Crippen molar-refractivity contribution in [3.63, 3.8) is 0 Å². The third-order valence-corrected chi connectivity index (χ3v) is 4.73. The Morgan fingerprint density at radius 3 is 2.80 bits per heavy atom. The minimum Gasteiger partial charge on any atom is -0.409 e. The van der Waals surface area contributed by atoms with Gasteiger partial charge in [-0.15, -0.1) is 0 Å². The summed E-state index contributed by atoms with van der Waals surface area (Å²) < 4.78 is 0. The van der Waals surface area contributed by atoms with E-state index in [1.54, 1.807) is 6.08 Å². The maximum Gasteiger partial charge on any atom is 0.223 e. The third kappa shape index (κ3) is 8.05. The van der Waals surface area contributed by atoms with Crippen molar-refractivity contribution < 1.29 is 10.0 Å². The summed E-state index contributed by atoms with van der Waals surface area (Å²) in [6.07, 6.45) is 16.0. The number of carbonyl (C=O) groups excluding carboxylic acids is 1. The van der Waals surface area contributed by atoms with E-state index in [-0.39, 0.29) is 23.6 Å². The highest BCUT2D eigenvalue weighted by Gasteiger charge is 2.29. The van der Waals surface area contributed by atoms with Gasteiger partial charge in [-0.25, -0.2) is 0 Å². The molecule has 0 aromatic heterocycles. The molecule has 1 aliphatic carbocycles. The Bertz CT molecular complexity index is 509. The zero-order chi connectivity index (χ0) is 18.5. The van der Waals surface area contributed by atoms with Crippen molar-refractivity contribution in [1.29, 1.82) is 0 Å². The van der Waals surface area contributed by atoms with Crippen LogP contribution in [0.25, 0.3) is 0 Å². The summed E-state index contributed by atoms with van der Waals surface area (Å²) in [4.78, 5) is 12.4. The Kier molecular flexibility index (Phi) is 10.4. The molecule has 25 heavy (non-hydrogen) atoms. The fraction of sp³-hybridized carbons (Fsp3) is 0.600. The second-order valence-electron chi connectivity index (χ2n) is 6.67. The molecule has 1 fully saturated rings. The van der Waals surface area contributed by atoms with E-state index in [4.69, 9.17) is 10.9 Å². The Morgan fingerprint density at radius 2 is 2.12 bits per heavy atom. The molecule has 5 heteroatoms. The van der Waals surface area contributed by atoms with E-state index in [0.29, 0.717) is 13.0 Å². The second kappa shape index (κ2) is 12.3. The standard InChI is InChI=1S/C20H33N3O2/c1-3-5-6-7-8-9-11-16(4-2)15-22-20(24)18-13-10-12-17(14-18)19(21)23-25/h4,8-9,11,17-18,25H,2-3,5-7,10,12-15H2,1H3,(H2,21,23)(H,22,24)/b9-8+,16-11+. The molecule has 1 aliphatic rings. The fourth-order valence-corrected chi connectivity index (χ4v) is 3.11. The Hall–Kier alpha value is -2.04. The molecular weight excluding hydrogens is 314 g/mol. The van der Waals surface area contributed by atoms with Crippen LogP contribution in [0.4, 0.5) is 0 Å². The van der Waals surface area contributed by atoms with Crippen LogP contribution < -0.4 is 11.1 Å². The summed E-state index contributed by atoms with van der Waals surface area (Å²) in [5.41, 5.74) is 6.68. The first kappa shape index (κ1) is 21.0. The molecule has 0 aromatic rings. The summed E-state index contributed by atoms with van der Waals surface area (Å²) in [5, 5.41) is 14.9. The van der Waals surface area contributed by atoms with Gasteiger partial charge in [0.1, 0.15) is 5.84 Å². The summed E-state index contributed by atoms with van der Waals surface area (Å²) in [5.74, 6) is 0.192. The van der Waals surface area contributed by atoms with Gasteiger partial charge in [-0.05, 0) is 37.7 Å². The highest BCUT2D eigenvalue weighted by Crippen LogP contribution is 2.29. The molecule has 0 radical (unpaired) electrons. The first-order chi connectivity index (χ1) is 12.1. The molecule has 140 valence electrons. The number of amides is 1. The van der Waals surface area contributed by atoms with Gasteiger partial charge in [0.2, 0.25) is 5.91 Å². The van der Waals surface area contributed by atoms with Crippen molar-refractivity contribution in [3.8, 4) is 0 Å². The lowest BCUT2D eigenvalue weighted by atomic mass is 9.80. The highest BCUT2D eigenvalue weighted by atomic mass is 16.4. The highest BCUT2D eigenvalue weighted by molar-refractivity contribution is 5.84. The van der Waals surface area contributed by atoms with Crippen LogP contribution >= 0.6 is 0 Å². The molecule has 0 heterocycles. The molecule has 2 unspecified atom stereocenters. The Labute approximate surface area is 151 Å². The van der Waals surface area contributed by atoms with Crippen LogP contribution in [0.2, 0.25) is 0 Å². The first-order valence-electron chi connectivity index (χ1n) is 9.35. The molecule has 0 bridgehead atoms. The minimum absolute atomic E-state index is 0.00466. The smallest absolute Gasteiger partial charge is 0.223 e. The monoisotopic (exact) mass is 347 g/mol. The number of nitrogens with two attached hydrogens (primary N) is 1. The van der Waals surface area contributed by atoms with Crippen LogP contribution in [0.5, 0.6) is 0 Å². The topological polar surface area (TPSA) is 87.7 Å². The van der Waals surface area contributed by atoms with Gasteiger partial charge < -0.3 is 16.3 Å². The Morgan fingerprint density at radius 1 is 1.36 bits per heavy atom. The molecule has 1 amide bonds. The molecular formula is C20H33N3O2. The van der Waals surface area contributed by atoms with Crippen molar-refractivity contribution >= 4 is 11.7 Å². The molecule has 5 nitrogen and oxygen atoms in total. The predicted molar refractivity (Wildman–Crippen MR) is 103 cm³/mol. The van der Waals surface area contributed by atoms with Crippen LogP contribution in [0.15, 0.2) is 41.6 Å². The molecule has 0 aromatic carbocycles. The molecule has 0 spiro atoms. The summed E-state index contributed by atoms with van der Waals surface area (Å²) in [6.45, 7) is 6.49. The van der Waals surface area contributed by atoms with Gasteiger partial charge >= 0.3 is 0 Å². The van der Waals surface area contributed by atoms with Crippen molar-refractivity contribution in [2.75, 3.05) is 6.54 Å². The predicted octanol–water partition coefficient (Wildman–Crippen LogP) is 3.90. The number of nitrogens with one attached hydrogen (secondary N) is 1. The molecule has 1 saturated carbocycles. The van der Waals surface area contributed by atoms with E-state index in [1.807, 2.05) is 12.2 Å². The van der Waals surface area contributed by atoms with Crippen molar-refractivity contribution in [2.45, 2.75) is 58.3 Å². The maximum atomic E-state index is 12.4. The molecule has 1 rings (SSSR count). The number of unbranched alkanes of at least 4 members (excludes halogenated alkanes) is 3. The Balaban J connectivity index is 2.43. The van der Waals surface area contributed by atoms with Gasteiger partial charge in [0.25, 0.3) is 0 Å². The normalized spacial score (nSPS) is 22.1. The number of amidine groups is 1. The lowest BCUT2D eigenvalue weighted by Gasteiger charge is -2.27. The van der Waals surface area contributed by atoms with Crippen molar-refractivity contribution in [2.24, 2.45) is 22.7 Å². The lowest BCUT2D eigenvalue weighted by molar-refractivity contribution is -0.126. The van der Waals surface area contributed by atoms with Crippen LogP contribution in [0, 0.1) is 11.8 Å². The third-order valence-electron chi connectivity index (χ3n) is 4.73. The van der Waals surface area contributed by atoms with Crippen LogP contribution in [0.1, 0.15) is 58.3 Å². The SMILES string of the molecule is C=C/C(=C\C=C\CCCCC)CNC(=O)C1CCCC(/C(N)=N\O)C1. The number of rotatable bonds is 10. The van der Waals surface area contributed by atoms with Gasteiger partial charge in [-0.1, -0.05) is 62.2 Å². The molecule has 0 aliphatic heterocycles. The first-order valence-corrected chi connectivity index (χ1v) is 9.35. The number of oxime groups is 1. The fourth-order valence-electron chi connectivity index (χ4n) is 3.11. The van der Waals surface area contributed by atoms with Gasteiger partial charge in [-0.2, -0.15) is 0 Å². The van der Waals surface area contributed by atoms with E-state index < -0.39 is 0 Å². The van der Waals surface area contributed by atoms with E-state index in [1.165, 1.54) is 19.3 Å². The number of carbonyl (C=O) groups is 1. The average Bonchev–Trinajstić information content (AvgIpc) is 2.66.